The van der Waals surface area contributed by atoms with Crippen LogP contribution in [0.2, 0.25) is 0 Å². The quantitative estimate of drug-likeness (QED) is 0.468. The lowest BCUT2D eigenvalue weighted by Gasteiger charge is -2.13. The van der Waals surface area contributed by atoms with Gasteiger partial charge in [0.05, 0.1) is 6.61 Å². The predicted molar refractivity (Wildman–Crippen MR) is 122 cm³/mol. The van der Waals surface area contributed by atoms with E-state index in [1.807, 2.05) is 6.92 Å². The number of amides is 2. The number of ether oxygens (including phenoxy) is 1. The first-order valence-corrected chi connectivity index (χ1v) is 10.4. The van der Waals surface area contributed by atoms with Crippen LogP contribution < -0.4 is 15.4 Å². The van der Waals surface area contributed by atoms with Crippen LogP contribution in [-0.2, 0) is 9.59 Å². The van der Waals surface area contributed by atoms with E-state index in [-0.39, 0.29) is 30.4 Å². The topological polar surface area (TPSA) is 102 Å². The lowest BCUT2D eigenvalue weighted by Crippen LogP contribution is -2.24. The maximum Gasteiger partial charge on any atom is 0.248 e. The third-order valence-electron chi connectivity index (χ3n) is 4.78. The fraction of sp³-hybridized carbons (Fsp3) is 0.250. The smallest absolute Gasteiger partial charge is 0.248 e. The standard InChI is InChI=1S/C24H26N4O4/c1-3-32-21-10-8-18(9-11-21)22(29)12-13-23(30)26-19-6-4-7-20(16-19)27-24(31)17(2)28-15-5-14-25-28/h4-11,14-17H,3,12-13H2,1-2H3,(H,26,30)(H,27,31). The van der Waals surface area contributed by atoms with Crippen LogP contribution in [0.4, 0.5) is 11.4 Å². The van der Waals surface area contributed by atoms with E-state index in [1.165, 1.54) is 0 Å². The Balaban J connectivity index is 1.50. The van der Waals surface area contributed by atoms with Crippen molar-refractivity contribution < 1.29 is 19.1 Å². The highest BCUT2D eigenvalue weighted by Crippen LogP contribution is 2.18. The Hall–Kier alpha value is -3.94. The Kier molecular flexibility index (Phi) is 7.75. The van der Waals surface area contributed by atoms with Crippen molar-refractivity contribution in [3.63, 3.8) is 0 Å². The molecule has 0 saturated carbocycles. The number of hydrogen-bond acceptors (Lipinski definition) is 5. The monoisotopic (exact) mass is 434 g/mol. The molecule has 2 amide bonds. The van der Waals surface area contributed by atoms with Crippen molar-refractivity contribution in [2.24, 2.45) is 0 Å². The summed E-state index contributed by atoms with van der Waals surface area (Å²) in [6, 6.07) is 15.0. The number of nitrogens with one attached hydrogen (secondary N) is 2. The molecule has 0 aliphatic carbocycles. The van der Waals surface area contributed by atoms with Crippen molar-refractivity contribution in [2.75, 3.05) is 17.2 Å². The van der Waals surface area contributed by atoms with Gasteiger partial charge in [0, 0.05) is 42.2 Å². The molecule has 8 heteroatoms. The highest BCUT2D eigenvalue weighted by molar-refractivity contribution is 6.00. The molecule has 166 valence electrons. The van der Waals surface area contributed by atoms with Crippen LogP contribution in [0.15, 0.2) is 67.0 Å². The largest absolute Gasteiger partial charge is 0.494 e. The van der Waals surface area contributed by atoms with Gasteiger partial charge in [0.25, 0.3) is 0 Å². The minimum absolute atomic E-state index is 0.0545. The van der Waals surface area contributed by atoms with Crippen LogP contribution >= 0.6 is 0 Å². The van der Waals surface area contributed by atoms with E-state index >= 15 is 0 Å². The summed E-state index contributed by atoms with van der Waals surface area (Å²) in [5.74, 6) is 0.0837. The summed E-state index contributed by atoms with van der Waals surface area (Å²) in [6.45, 7) is 4.19. The second kappa shape index (κ2) is 10.9. The van der Waals surface area contributed by atoms with Gasteiger partial charge in [0.15, 0.2) is 5.78 Å². The van der Waals surface area contributed by atoms with Gasteiger partial charge in [0.1, 0.15) is 11.8 Å². The van der Waals surface area contributed by atoms with Crippen LogP contribution in [0.5, 0.6) is 5.75 Å². The van der Waals surface area contributed by atoms with E-state index in [9.17, 15) is 14.4 Å². The lowest BCUT2D eigenvalue weighted by molar-refractivity contribution is -0.119. The van der Waals surface area contributed by atoms with Crippen molar-refractivity contribution in [3.8, 4) is 5.75 Å². The van der Waals surface area contributed by atoms with E-state index in [4.69, 9.17) is 4.74 Å². The van der Waals surface area contributed by atoms with Gasteiger partial charge in [-0.1, -0.05) is 6.07 Å². The maximum atomic E-state index is 12.4. The number of aromatic nitrogens is 2. The number of ketones is 1. The van der Waals surface area contributed by atoms with E-state index in [1.54, 1.807) is 78.6 Å². The Labute approximate surface area is 186 Å². The van der Waals surface area contributed by atoms with Crippen LogP contribution in [-0.4, -0.2) is 34.0 Å². The van der Waals surface area contributed by atoms with E-state index < -0.39 is 6.04 Å². The van der Waals surface area contributed by atoms with Gasteiger partial charge in [-0.15, -0.1) is 0 Å². The average molecular weight is 434 g/mol. The fourth-order valence-corrected chi connectivity index (χ4v) is 3.05. The molecule has 0 saturated heterocycles. The summed E-state index contributed by atoms with van der Waals surface area (Å²) in [6.07, 6.45) is 3.48. The summed E-state index contributed by atoms with van der Waals surface area (Å²) in [5, 5.41) is 9.65. The molecule has 0 radical (unpaired) electrons. The predicted octanol–water partition coefficient (Wildman–Crippen LogP) is 4.08. The molecule has 0 bridgehead atoms. The number of benzene rings is 2. The zero-order chi connectivity index (χ0) is 22.9. The first-order valence-electron chi connectivity index (χ1n) is 10.4. The Morgan fingerprint density at radius 1 is 1.00 bits per heavy atom. The van der Waals surface area contributed by atoms with Crippen LogP contribution in [0.3, 0.4) is 0 Å². The molecule has 3 aromatic rings. The molecule has 0 fully saturated rings. The molecular weight excluding hydrogens is 408 g/mol. The molecule has 0 spiro atoms. The van der Waals surface area contributed by atoms with Crippen LogP contribution in [0, 0.1) is 0 Å². The Morgan fingerprint density at radius 2 is 1.72 bits per heavy atom. The molecule has 2 aromatic carbocycles. The van der Waals surface area contributed by atoms with Gasteiger partial charge in [0.2, 0.25) is 11.8 Å². The van der Waals surface area contributed by atoms with Crippen molar-refractivity contribution in [1.82, 2.24) is 9.78 Å². The van der Waals surface area contributed by atoms with Crippen LogP contribution in [0.1, 0.15) is 43.1 Å². The number of hydrogen-bond donors (Lipinski definition) is 2. The molecule has 3 rings (SSSR count). The van der Waals surface area contributed by atoms with E-state index in [2.05, 4.69) is 15.7 Å². The SMILES string of the molecule is CCOc1ccc(C(=O)CCC(=O)Nc2cccc(NC(=O)C(C)n3cccn3)c2)cc1. The number of carbonyl (C=O) groups excluding carboxylic acids is 3. The Morgan fingerprint density at radius 3 is 2.38 bits per heavy atom. The lowest BCUT2D eigenvalue weighted by atomic mass is 10.1. The molecule has 0 aliphatic heterocycles. The highest BCUT2D eigenvalue weighted by Gasteiger charge is 2.15. The number of rotatable bonds is 10. The third-order valence-corrected chi connectivity index (χ3v) is 4.78. The molecule has 1 heterocycles. The molecule has 8 nitrogen and oxygen atoms in total. The highest BCUT2D eigenvalue weighted by atomic mass is 16.5. The first kappa shape index (κ1) is 22.7. The third kappa shape index (κ3) is 6.28. The Bertz CT molecular complexity index is 1060. The van der Waals surface area contributed by atoms with Crippen molar-refractivity contribution in [3.05, 3.63) is 72.6 Å². The number of carbonyl (C=O) groups is 3. The van der Waals surface area contributed by atoms with Gasteiger partial charge < -0.3 is 15.4 Å². The number of Topliss-reactive ketones (excluding diaryl/α,β-unsaturated/α-hetero) is 1. The minimum atomic E-state index is -0.475. The summed E-state index contributed by atoms with van der Waals surface area (Å²) < 4.78 is 6.92. The fourth-order valence-electron chi connectivity index (χ4n) is 3.05. The zero-order valence-electron chi connectivity index (χ0n) is 18.1. The average Bonchev–Trinajstić information content (AvgIpc) is 3.33. The maximum absolute atomic E-state index is 12.4. The molecular formula is C24H26N4O4. The van der Waals surface area contributed by atoms with Gasteiger partial charge in [-0.25, -0.2) is 0 Å². The zero-order valence-corrected chi connectivity index (χ0v) is 18.1. The molecule has 32 heavy (non-hydrogen) atoms. The normalized spacial score (nSPS) is 11.4. The van der Waals surface area contributed by atoms with Gasteiger partial charge in [-0.3, -0.25) is 19.1 Å². The van der Waals surface area contributed by atoms with Gasteiger partial charge in [-0.05, 0) is 62.4 Å². The van der Waals surface area contributed by atoms with Gasteiger partial charge >= 0.3 is 0 Å². The van der Waals surface area contributed by atoms with Gasteiger partial charge in [-0.2, -0.15) is 5.10 Å². The molecule has 1 aromatic heterocycles. The molecule has 1 unspecified atom stereocenters. The molecule has 0 aliphatic rings. The molecule has 2 N–H and O–H groups in total. The summed E-state index contributed by atoms with van der Waals surface area (Å²) in [7, 11) is 0. The van der Waals surface area contributed by atoms with Crippen molar-refractivity contribution >= 4 is 29.0 Å². The van der Waals surface area contributed by atoms with Crippen molar-refractivity contribution in [1.29, 1.82) is 0 Å². The minimum Gasteiger partial charge on any atom is -0.494 e. The number of anilines is 2. The summed E-state index contributed by atoms with van der Waals surface area (Å²) in [4.78, 5) is 37.0. The summed E-state index contributed by atoms with van der Waals surface area (Å²) in [5.41, 5.74) is 1.63. The second-order valence-corrected chi connectivity index (χ2v) is 7.16. The van der Waals surface area contributed by atoms with E-state index in [0.717, 1.165) is 0 Å². The molecule has 1 atom stereocenters. The summed E-state index contributed by atoms with van der Waals surface area (Å²) >= 11 is 0. The second-order valence-electron chi connectivity index (χ2n) is 7.16. The van der Waals surface area contributed by atoms with Crippen LogP contribution in [0.25, 0.3) is 0 Å². The first-order chi connectivity index (χ1) is 15.5. The van der Waals surface area contributed by atoms with Crippen molar-refractivity contribution in [2.45, 2.75) is 32.7 Å². The number of nitrogens with zero attached hydrogens (tertiary/aromatic N) is 2. The van der Waals surface area contributed by atoms with E-state index in [0.29, 0.717) is 29.3 Å².